The van der Waals surface area contributed by atoms with E-state index in [1.165, 1.54) is 59.9 Å². The summed E-state index contributed by atoms with van der Waals surface area (Å²) in [5.74, 6) is 0. The van der Waals surface area contributed by atoms with Crippen LogP contribution in [0.2, 0.25) is 0 Å². The molecule has 0 aromatic heterocycles. The van der Waals surface area contributed by atoms with Crippen LogP contribution in [-0.2, 0) is 0 Å². The molecule has 0 aliphatic heterocycles. The first-order chi connectivity index (χ1) is 7.36. The molecule has 1 aliphatic rings. The molecule has 1 heteroatoms. The van der Waals surface area contributed by atoms with Crippen molar-refractivity contribution >= 4 is 8.58 Å². The van der Waals surface area contributed by atoms with Crippen LogP contribution in [0.15, 0.2) is 0 Å². The maximum atomic E-state index is 2.40. The van der Waals surface area contributed by atoms with Crippen LogP contribution in [0.4, 0.5) is 0 Å². The van der Waals surface area contributed by atoms with Crippen LogP contribution in [0.1, 0.15) is 78.1 Å². The first kappa shape index (κ1) is 13.5. The summed E-state index contributed by atoms with van der Waals surface area (Å²) < 4.78 is 0. The standard InChI is InChI=1S/C14H29P/c1-3-5-7-10-13(4-2)15-14-11-8-6-9-12-14/h13-15H,3-12H2,1-2H3. The topological polar surface area (TPSA) is 0 Å². The Labute approximate surface area is 98.4 Å². The average Bonchev–Trinajstić information content (AvgIpc) is 2.29. The summed E-state index contributed by atoms with van der Waals surface area (Å²) >= 11 is 0. The number of unbranched alkanes of at least 4 members (excludes halogenated alkanes) is 2. The molecule has 2 unspecified atom stereocenters. The van der Waals surface area contributed by atoms with Gasteiger partial charge in [0.25, 0.3) is 0 Å². The van der Waals surface area contributed by atoms with Crippen molar-refractivity contribution in [1.29, 1.82) is 0 Å². The van der Waals surface area contributed by atoms with Gasteiger partial charge in [-0.1, -0.05) is 52.4 Å². The zero-order chi connectivity index (χ0) is 10.9. The van der Waals surface area contributed by atoms with Crippen molar-refractivity contribution in [2.24, 2.45) is 0 Å². The monoisotopic (exact) mass is 228 g/mol. The lowest BCUT2D eigenvalue weighted by molar-refractivity contribution is 0.509. The van der Waals surface area contributed by atoms with Gasteiger partial charge in [0.2, 0.25) is 0 Å². The van der Waals surface area contributed by atoms with Crippen LogP contribution in [0.25, 0.3) is 0 Å². The normalized spacial score (nSPS) is 21.2. The highest BCUT2D eigenvalue weighted by Gasteiger charge is 2.17. The van der Waals surface area contributed by atoms with Crippen molar-refractivity contribution < 1.29 is 0 Å². The summed E-state index contributed by atoms with van der Waals surface area (Å²) in [6, 6.07) is 0. The fourth-order valence-corrected chi connectivity index (χ4v) is 4.66. The van der Waals surface area contributed by atoms with Gasteiger partial charge in [-0.05, 0) is 37.0 Å². The lowest BCUT2D eigenvalue weighted by Gasteiger charge is -2.26. The third kappa shape index (κ3) is 5.91. The molecule has 0 spiro atoms. The van der Waals surface area contributed by atoms with Gasteiger partial charge in [-0.25, -0.2) is 0 Å². The lowest BCUT2D eigenvalue weighted by atomic mass is 10.0. The molecule has 0 saturated heterocycles. The molecule has 0 aromatic carbocycles. The zero-order valence-electron chi connectivity index (χ0n) is 10.7. The van der Waals surface area contributed by atoms with Crippen molar-refractivity contribution in [2.75, 3.05) is 0 Å². The third-order valence-corrected chi connectivity index (χ3v) is 5.94. The fraction of sp³-hybridized carbons (Fsp3) is 1.00. The van der Waals surface area contributed by atoms with Crippen LogP contribution in [0, 0.1) is 0 Å². The summed E-state index contributed by atoms with van der Waals surface area (Å²) in [5.41, 5.74) is 2.19. The summed E-state index contributed by atoms with van der Waals surface area (Å²) in [5, 5.41) is 0. The van der Waals surface area contributed by atoms with Gasteiger partial charge in [-0.15, -0.1) is 8.58 Å². The van der Waals surface area contributed by atoms with Gasteiger partial charge in [0.1, 0.15) is 0 Å². The van der Waals surface area contributed by atoms with Gasteiger partial charge >= 0.3 is 0 Å². The molecule has 1 fully saturated rings. The van der Waals surface area contributed by atoms with Crippen LogP contribution >= 0.6 is 8.58 Å². The fourth-order valence-electron chi connectivity index (χ4n) is 2.65. The van der Waals surface area contributed by atoms with Gasteiger partial charge < -0.3 is 0 Å². The smallest absolute Gasteiger partial charge is 0.0234 e. The molecule has 1 saturated carbocycles. The second kappa shape index (κ2) is 8.57. The van der Waals surface area contributed by atoms with Crippen molar-refractivity contribution in [1.82, 2.24) is 0 Å². The van der Waals surface area contributed by atoms with Crippen molar-refractivity contribution in [3.63, 3.8) is 0 Å². The van der Waals surface area contributed by atoms with Gasteiger partial charge in [-0.3, -0.25) is 0 Å². The minimum absolute atomic E-state index is 1.07. The largest absolute Gasteiger partial charge is 0.116 e. The lowest BCUT2D eigenvalue weighted by Crippen LogP contribution is -2.11. The third-order valence-electron chi connectivity index (χ3n) is 3.73. The Morgan fingerprint density at radius 2 is 1.80 bits per heavy atom. The summed E-state index contributed by atoms with van der Waals surface area (Å²) in [4.78, 5) is 0. The zero-order valence-corrected chi connectivity index (χ0v) is 11.7. The van der Waals surface area contributed by atoms with Crippen LogP contribution in [-0.4, -0.2) is 11.3 Å². The molecule has 0 heterocycles. The van der Waals surface area contributed by atoms with E-state index < -0.39 is 0 Å². The van der Waals surface area contributed by atoms with Crippen molar-refractivity contribution in [3.05, 3.63) is 0 Å². The maximum absolute atomic E-state index is 2.40. The molecular formula is C14H29P. The molecule has 0 N–H and O–H groups in total. The molecule has 0 nitrogen and oxygen atoms in total. The average molecular weight is 228 g/mol. The first-order valence-electron chi connectivity index (χ1n) is 7.12. The Balaban J connectivity index is 2.13. The molecule has 15 heavy (non-hydrogen) atoms. The minimum Gasteiger partial charge on any atom is -0.116 e. The molecule has 0 bridgehead atoms. The number of hydrogen-bond donors (Lipinski definition) is 0. The van der Waals surface area contributed by atoms with Gasteiger partial charge in [0.05, 0.1) is 0 Å². The van der Waals surface area contributed by atoms with Crippen LogP contribution < -0.4 is 0 Å². The van der Waals surface area contributed by atoms with Crippen LogP contribution in [0.3, 0.4) is 0 Å². The highest BCUT2D eigenvalue weighted by molar-refractivity contribution is 7.39. The Morgan fingerprint density at radius 3 is 2.40 bits per heavy atom. The molecule has 0 amide bonds. The minimum atomic E-state index is 1.07. The van der Waals surface area contributed by atoms with Crippen LogP contribution in [0.5, 0.6) is 0 Å². The quantitative estimate of drug-likeness (QED) is 0.406. The first-order valence-corrected chi connectivity index (χ1v) is 8.28. The second-order valence-electron chi connectivity index (χ2n) is 5.10. The van der Waals surface area contributed by atoms with Crippen molar-refractivity contribution in [3.8, 4) is 0 Å². The van der Waals surface area contributed by atoms with E-state index in [9.17, 15) is 0 Å². The number of rotatable bonds is 7. The van der Waals surface area contributed by atoms with E-state index in [4.69, 9.17) is 0 Å². The molecular weight excluding hydrogens is 199 g/mol. The predicted molar refractivity (Wildman–Crippen MR) is 73.4 cm³/mol. The Bertz CT molecular complexity index is 138. The highest BCUT2D eigenvalue weighted by atomic mass is 31.1. The highest BCUT2D eigenvalue weighted by Crippen LogP contribution is 2.39. The maximum Gasteiger partial charge on any atom is -0.0234 e. The molecule has 0 aromatic rings. The van der Waals surface area contributed by atoms with Gasteiger partial charge in [0.15, 0.2) is 0 Å². The van der Waals surface area contributed by atoms with E-state index in [1.807, 2.05) is 0 Å². The summed E-state index contributed by atoms with van der Waals surface area (Å²) in [7, 11) is 1.28. The predicted octanol–water partition coefficient (Wildman–Crippen LogP) is 5.36. The molecule has 0 radical (unpaired) electrons. The number of hydrogen-bond acceptors (Lipinski definition) is 0. The molecule has 90 valence electrons. The van der Waals surface area contributed by atoms with E-state index in [-0.39, 0.29) is 0 Å². The SMILES string of the molecule is CCCCCC(CC)PC1CCCCC1. The second-order valence-corrected chi connectivity index (χ2v) is 7.07. The molecule has 1 aliphatic carbocycles. The van der Waals surface area contributed by atoms with E-state index in [0.29, 0.717) is 0 Å². The van der Waals surface area contributed by atoms with Gasteiger partial charge in [-0.2, -0.15) is 0 Å². The van der Waals surface area contributed by atoms with Crippen molar-refractivity contribution in [2.45, 2.75) is 89.4 Å². The Kier molecular flexibility index (Phi) is 7.71. The van der Waals surface area contributed by atoms with E-state index in [1.54, 1.807) is 12.8 Å². The molecule has 1 rings (SSSR count). The summed E-state index contributed by atoms with van der Waals surface area (Å²) in [6.07, 6.45) is 14.9. The Hall–Kier alpha value is 0.430. The Morgan fingerprint density at radius 1 is 1.07 bits per heavy atom. The van der Waals surface area contributed by atoms with E-state index >= 15 is 0 Å². The van der Waals surface area contributed by atoms with Gasteiger partial charge in [0, 0.05) is 0 Å². The van der Waals surface area contributed by atoms with E-state index in [2.05, 4.69) is 13.8 Å². The molecule has 2 atom stereocenters. The van der Waals surface area contributed by atoms with E-state index in [0.717, 1.165) is 11.3 Å². The summed E-state index contributed by atoms with van der Waals surface area (Å²) in [6.45, 7) is 4.71.